The number of rotatable bonds is 6. The maximum Gasteiger partial charge on any atom is 0.283 e. The summed E-state index contributed by atoms with van der Waals surface area (Å²) < 4.78 is 1.57. The molecule has 2 aromatic rings. The topological polar surface area (TPSA) is 88.9 Å². The molecule has 2 heterocycles. The van der Waals surface area contributed by atoms with E-state index in [0.29, 0.717) is 45.2 Å². The average Bonchev–Trinajstić information content (AvgIpc) is 2.73. The molecule has 3 aliphatic rings. The Hall–Kier alpha value is -1.93. The molecule has 2 N–H and O–H groups in total. The van der Waals surface area contributed by atoms with Gasteiger partial charge in [0.05, 0.1) is 11.9 Å². The number of carbonyl (C=O) groups is 1. The van der Waals surface area contributed by atoms with Crippen LogP contribution >= 0.6 is 27.5 Å². The molecule has 31 heavy (non-hydrogen) atoms. The number of carbonyl (C=O) groups excluding carboxylic acids is 1. The molecule has 3 saturated carbocycles. The van der Waals surface area contributed by atoms with Gasteiger partial charge in [-0.2, -0.15) is 5.10 Å². The fourth-order valence-corrected chi connectivity index (χ4v) is 5.78. The summed E-state index contributed by atoms with van der Waals surface area (Å²) in [4.78, 5) is 29.0. The second kappa shape index (κ2) is 8.54. The summed E-state index contributed by atoms with van der Waals surface area (Å²) in [5.74, 6) is 1.65. The van der Waals surface area contributed by atoms with Crippen molar-refractivity contribution in [2.75, 3.05) is 5.32 Å². The van der Waals surface area contributed by atoms with Crippen molar-refractivity contribution in [3.05, 3.63) is 50.1 Å². The van der Waals surface area contributed by atoms with Crippen LogP contribution in [0.15, 0.2) is 33.8 Å². The maximum absolute atomic E-state index is 12.8. The van der Waals surface area contributed by atoms with Gasteiger partial charge in [0, 0.05) is 18.8 Å². The molecule has 0 saturated heterocycles. The molecule has 0 radical (unpaired) electrons. The van der Waals surface area contributed by atoms with E-state index in [4.69, 9.17) is 11.6 Å². The molecule has 0 aliphatic heterocycles. The van der Waals surface area contributed by atoms with E-state index in [9.17, 15) is 9.59 Å². The van der Waals surface area contributed by atoms with Crippen molar-refractivity contribution in [3.8, 4) is 0 Å². The van der Waals surface area contributed by atoms with Gasteiger partial charge in [-0.15, -0.1) is 0 Å². The molecular formula is C22H27BrClN5O2. The molecule has 1 amide bonds. The lowest BCUT2D eigenvalue weighted by atomic mass is 9.45. The molecule has 166 valence electrons. The van der Waals surface area contributed by atoms with E-state index in [2.05, 4.69) is 57.4 Å². The van der Waals surface area contributed by atoms with Gasteiger partial charge in [-0.05, 0) is 69.6 Å². The number of nitrogens with one attached hydrogen (secondary N) is 2. The predicted molar refractivity (Wildman–Crippen MR) is 124 cm³/mol. The van der Waals surface area contributed by atoms with E-state index >= 15 is 0 Å². The zero-order chi connectivity index (χ0) is 22.3. The summed E-state index contributed by atoms with van der Waals surface area (Å²) in [5.41, 5.74) is 1.59. The maximum atomic E-state index is 12.8. The Balaban J connectivity index is 1.38. The number of hydrogen-bond donors (Lipinski definition) is 2. The lowest BCUT2D eigenvalue weighted by Gasteiger charge is -2.62. The van der Waals surface area contributed by atoms with Gasteiger partial charge in [0.1, 0.15) is 16.2 Å². The van der Waals surface area contributed by atoms with E-state index in [1.54, 1.807) is 24.5 Å². The van der Waals surface area contributed by atoms with Crippen LogP contribution in [-0.4, -0.2) is 26.7 Å². The molecule has 9 heteroatoms. The van der Waals surface area contributed by atoms with Gasteiger partial charge < -0.3 is 10.6 Å². The predicted octanol–water partition coefficient (Wildman–Crippen LogP) is 3.85. The third kappa shape index (κ3) is 4.37. The molecule has 4 atom stereocenters. The van der Waals surface area contributed by atoms with Crippen molar-refractivity contribution >= 4 is 39.1 Å². The lowest BCUT2D eigenvalue weighted by molar-refractivity contribution is -0.122. The van der Waals surface area contributed by atoms with E-state index in [-0.39, 0.29) is 18.0 Å². The minimum atomic E-state index is -0.332. The van der Waals surface area contributed by atoms with Crippen LogP contribution in [0.3, 0.4) is 0 Å². The van der Waals surface area contributed by atoms with Crippen LogP contribution in [0.2, 0.25) is 5.15 Å². The van der Waals surface area contributed by atoms with Crippen LogP contribution in [0, 0.1) is 23.2 Å². The number of amides is 1. The first-order chi connectivity index (χ1) is 14.7. The van der Waals surface area contributed by atoms with Gasteiger partial charge in [-0.1, -0.05) is 32.4 Å². The Morgan fingerprint density at radius 2 is 2.16 bits per heavy atom. The largest absolute Gasteiger partial charge is 0.380 e. The molecule has 3 fully saturated rings. The van der Waals surface area contributed by atoms with Gasteiger partial charge in [0.15, 0.2) is 0 Å². The van der Waals surface area contributed by atoms with Crippen molar-refractivity contribution in [3.63, 3.8) is 0 Å². The first kappa shape index (κ1) is 22.3. The van der Waals surface area contributed by atoms with Crippen molar-refractivity contribution in [2.45, 2.75) is 52.7 Å². The van der Waals surface area contributed by atoms with Gasteiger partial charge in [-0.25, -0.2) is 9.67 Å². The molecular weight excluding hydrogens is 482 g/mol. The Bertz CT molecular complexity index is 1060. The lowest BCUT2D eigenvalue weighted by Crippen LogP contribution is -2.58. The number of nitrogens with zero attached hydrogens (tertiary/aromatic N) is 3. The normalized spacial score (nSPS) is 26.1. The van der Waals surface area contributed by atoms with Crippen LogP contribution in [0.1, 0.15) is 39.2 Å². The van der Waals surface area contributed by atoms with Crippen molar-refractivity contribution < 1.29 is 4.79 Å². The quantitative estimate of drug-likeness (QED) is 0.579. The van der Waals surface area contributed by atoms with E-state index in [0.717, 1.165) is 22.6 Å². The zero-order valence-electron chi connectivity index (χ0n) is 17.9. The van der Waals surface area contributed by atoms with E-state index in [1.165, 1.54) is 6.42 Å². The van der Waals surface area contributed by atoms with Gasteiger partial charge in [-0.3, -0.25) is 9.59 Å². The SMILES string of the molecule is C[C@@H]1[C@H]2C[C@@H](C[C@H]1Nc1cnn(CC(=O)NCc3ccnc(Cl)c3)c(=O)c1Br)C2(C)C. The highest BCUT2D eigenvalue weighted by Crippen LogP contribution is 2.61. The Morgan fingerprint density at radius 1 is 1.39 bits per heavy atom. The van der Waals surface area contributed by atoms with Gasteiger partial charge in [0.2, 0.25) is 5.91 Å². The van der Waals surface area contributed by atoms with Gasteiger partial charge in [0.25, 0.3) is 5.56 Å². The standard InChI is InChI=1S/C22H27BrClN5O2/c1-12-15-7-14(22(15,2)3)8-16(12)28-17-10-27-29(21(31)20(17)23)11-19(30)26-9-13-4-5-25-18(24)6-13/h4-6,10,12,14-16,28H,7-9,11H2,1-3H3,(H,26,30)/t12-,14+,15-,16-/m1/s1. The molecule has 7 nitrogen and oxygen atoms in total. The van der Waals surface area contributed by atoms with Crippen LogP contribution < -0.4 is 16.2 Å². The van der Waals surface area contributed by atoms with Crippen molar-refractivity contribution in [1.29, 1.82) is 0 Å². The minimum absolute atomic E-state index is 0.158. The monoisotopic (exact) mass is 507 g/mol. The van der Waals surface area contributed by atoms with Crippen LogP contribution in [0.4, 0.5) is 5.69 Å². The summed E-state index contributed by atoms with van der Waals surface area (Å²) in [5, 5.41) is 10.9. The Morgan fingerprint density at radius 3 is 2.84 bits per heavy atom. The van der Waals surface area contributed by atoms with Crippen molar-refractivity contribution in [1.82, 2.24) is 20.1 Å². The summed E-state index contributed by atoms with van der Waals surface area (Å²) in [6, 6.07) is 3.77. The summed E-state index contributed by atoms with van der Waals surface area (Å²) in [6.45, 7) is 7.17. The summed E-state index contributed by atoms with van der Waals surface area (Å²) in [6.07, 6.45) is 5.60. The molecule has 3 aliphatic carbocycles. The molecule has 2 aromatic heterocycles. The van der Waals surface area contributed by atoms with Crippen LogP contribution in [0.25, 0.3) is 0 Å². The molecule has 0 unspecified atom stereocenters. The first-order valence-corrected chi connectivity index (χ1v) is 11.7. The van der Waals surface area contributed by atoms with Crippen LogP contribution in [-0.2, 0) is 17.9 Å². The van der Waals surface area contributed by atoms with Crippen LogP contribution in [0.5, 0.6) is 0 Å². The number of aromatic nitrogens is 3. The number of pyridine rings is 1. The third-order valence-electron chi connectivity index (χ3n) is 7.25. The van der Waals surface area contributed by atoms with Crippen molar-refractivity contribution in [2.24, 2.45) is 23.2 Å². The zero-order valence-corrected chi connectivity index (χ0v) is 20.2. The molecule has 0 aromatic carbocycles. The van der Waals surface area contributed by atoms with E-state index < -0.39 is 0 Å². The highest BCUT2D eigenvalue weighted by molar-refractivity contribution is 9.10. The smallest absolute Gasteiger partial charge is 0.283 e. The minimum Gasteiger partial charge on any atom is -0.380 e. The highest BCUT2D eigenvalue weighted by atomic mass is 79.9. The number of fused-ring (bicyclic) bond motifs is 2. The molecule has 5 rings (SSSR count). The highest BCUT2D eigenvalue weighted by Gasteiger charge is 2.56. The Labute approximate surface area is 195 Å². The summed E-state index contributed by atoms with van der Waals surface area (Å²) >= 11 is 9.27. The fourth-order valence-electron chi connectivity index (χ4n) is 5.16. The number of halogens is 2. The molecule has 0 spiro atoms. The molecule has 2 bridgehead atoms. The number of anilines is 1. The van der Waals surface area contributed by atoms with E-state index in [1.807, 2.05) is 0 Å². The Kier molecular flexibility index (Phi) is 6.14. The fraction of sp³-hybridized carbons (Fsp3) is 0.545. The first-order valence-electron chi connectivity index (χ1n) is 10.6. The summed E-state index contributed by atoms with van der Waals surface area (Å²) in [7, 11) is 0. The third-order valence-corrected chi connectivity index (χ3v) is 8.23. The average molecular weight is 509 g/mol. The second-order valence-corrected chi connectivity index (χ2v) is 10.5. The number of hydrogen-bond acceptors (Lipinski definition) is 5. The second-order valence-electron chi connectivity index (χ2n) is 9.30. The van der Waals surface area contributed by atoms with Gasteiger partial charge >= 0.3 is 0 Å².